The zero-order valence-electron chi connectivity index (χ0n) is 13.3. The molecule has 1 saturated heterocycles. The lowest BCUT2D eigenvalue weighted by Gasteiger charge is -2.34. The van der Waals surface area contributed by atoms with Crippen LogP contribution < -0.4 is 10.6 Å². The first-order valence-electron chi connectivity index (χ1n) is 7.96. The van der Waals surface area contributed by atoms with Gasteiger partial charge in [0.25, 0.3) is 0 Å². The molecule has 0 aromatic heterocycles. The molecule has 1 heterocycles. The van der Waals surface area contributed by atoms with Crippen LogP contribution in [0.25, 0.3) is 0 Å². The molecule has 1 aliphatic carbocycles. The van der Waals surface area contributed by atoms with Gasteiger partial charge in [0.15, 0.2) is 5.96 Å². The van der Waals surface area contributed by atoms with E-state index in [0.29, 0.717) is 12.6 Å². The van der Waals surface area contributed by atoms with E-state index in [1.165, 1.54) is 25.7 Å². The van der Waals surface area contributed by atoms with Gasteiger partial charge in [0.2, 0.25) is 0 Å². The molecule has 0 aromatic rings. The number of guanidine groups is 1. The Bertz CT molecular complexity index is 314. The smallest absolute Gasteiger partial charge is 0.191 e. The van der Waals surface area contributed by atoms with Crippen molar-refractivity contribution in [3.05, 3.63) is 0 Å². The van der Waals surface area contributed by atoms with Crippen LogP contribution in [0.15, 0.2) is 4.99 Å². The number of hydrogen-bond donors (Lipinski definition) is 2. The van der Waals surface area contributed by atoms with E-state index in [-0.39, 0.29) is 29.6 Å². The largest absolute Gasteiger partial charge is 0.381 e. The summed E-state index contributed by atoms with van der Waals surface area (Å²) in [6, 6.07) is 0.584. The first-order valence-corrected chi connectivity index (χ1v) is 7.96. The highest BCUT2D eigenvalue weighted by atomic mass is 127. The van der Waals surface area contributed by atoms with Gasteiger partial charge in [-0.3, -0.25) is 4.99 Å². The fourth-order valence-corrected chi connectivity index (χ4v) is 2.98. The molecule has 5 nitrogen and oxygen atoms in total. The van der Waals surface area contributed by atoms with Crippen LogP contribution in [0.3, 0.4) is 0 Å². The fraction of sp³-hybridized carbons (Fsp3) is 0.933. The second kappa shape index (κ2) is 9.84. The number of ether oxygens (including phenoxy) is 2. The monoisotopic (exact) mass is 411 g/mol. The van der Waals surface area contributed by atoms with Gasteiger partial charge < -0.3 is 20.1 Å². The summed E-state index contributed by atoms with van der Waals surface area (Å²) in [6.45, 7) is 5.24. The predicted molar refractivity (Wildman–Crippen MR) is 96.6 cm³/mol. The number of methoxy groups -OCH3 is 1. The van der Waals surface area contributed by atoms with Crippen molar-refractivity contribution in [2.24, 2.45) is 4.99 Å². The van der Waals surface area contributed by atoms with E-state index in [9.17, 15) is 0 Å². The summed E-state index contributed by atoms with van der Waals surface area (Å²) < 4.78 is 11.2. The SMILES string of the molecule is CCNC(=NCC1(OC)CCOCC1)NC1CCCC1.I. The van der Waals surface area contributed by atoms with Gasteiger partial charge in [-0.2, -0.15) is 0 Å². The number of aliphatic imine (C=N–C) groups is 1. The van der Waals surface area contributed by atoms with E-state index < -0.39 is 0 Å². The van der Waals surface area contributed by atoms with E-state index in [2.05, 4.69) is 17.6 Å². The van der Waals surface area contributed by atoms with Crippen molar-refractivity contribution in [3.63, 3.8) is 0 Å². The van der Waals surface area contributed by atoms with Crippen LogP contribution >= 0.6 is 24.0 Å². The van der Waals surface area contributed by atoms with Crippen LogP contribution in [-0.2, 0) is 9.47 Å². The second-order valence-electron chi connectivity index (χ2n) is 5.82. The molecule has 0 amide bonds. The van der Waals surface area contributed by atoms with Crippen LogP contribution in [-0.4, -0.2) is 51.0 Å². The summed E-state index contributed by atoms with van der Waals surface area (Å²) in [4.78, 5) is 4.76. The molecule has 0 bridgehead atoms. The zero-order chi connectivity index (χ0) is 14.3. The molecule has 1 aliphatic heterocycles. The standard InChI is InChI=1S/C15H29N3O2.HI/c1-3-16-14(18-13-6-4-5-7-13)17-12-15(19-2)8-10-20-11-9-15;/h13H,3-12H2,1-2H3,(H2,16,17,18);1H. The number of halogens is 1. The zero-order valence-corrected chi connectivity index (χ0v) is 15.7. The third-order valence-electron chi connectivity index (χ3n) is 4.40. The van der Waals surface area contributed by atoms with Crippen molar-refractivity contribution in [1.82, 2.24) is 10.6 Å². The second-order valence-corrected chi connectivity index (χ2v) is 5.82. The molecule has 0 atom stereocenters. The molecule has 2 fully saturated rings. The molecule has 0 spiro atoms. The Morgan fingerprint density at radius 2 is 1.95 bits per heavy atom. The van der Waals surface area contributed by atoms with Gasteiger partial charge in [-0.15, -0.1) is 24.0 Å². The number of nitrogens with zero attached hydrogens (tertiary/aromatic N) is 1. The predicted octanol–water partition coefficient (Wildman–Crippen LogP) is 2.30. The van der Waals surface area contributed by atoms with Crippen LogP contribution in [0.2, 0.25) is 0 Å². The molecule has 0 radical (unpaired) electrons. The van der Waals surface area contributed by atoms with Crippen molar-refractivity contribution in [3.8, 4) is 0 Å². The lowest BCUT2D eigenvalue weighted by molar-refractivity contribution is -0.0828. The Kier molecular flexibility index (Phi) is 8.89. The van der Waals surface area contributed by atoms with Gasteiger partial charge in [-0.1, -0.05) is 12.8 Å². The Hall–Kier alpha value is -0.0800. The third-order valence-corrected chi connectivity index (χ3v) is 4.40. The van der Waals surface area contributed by atoms with Gasteiger partial charge in [-0.05, 0) is 19.8 Å². The van der Waals surface area contributed by atoms with Gasteiger partial charge >= 0.3 is 0 Å². The summed E-state index contributed by atoms with van der Waals surface area (Å²) in [7, 11) is 1.79. The fourth-order valence-electron chi connectivity index (χ4n) is 2.98. The van der Waals surface area contributed by atoms with E-state index in [0.717, 1.165) is 38.6 Å². The maximum absolute atomic E-state index is 5.73. The molecule has 2 rings (SSSR count). The average molecular weight is 411 g/mol. The van der Waals surface area contributed by atoms with E-state index in [1.807, 2.05) is 0 Å². The van der Waals surface area contributed by atoms with Crippen molar-refractivity contribution >= 4 is 29.9 Å². The van der Waals surface area contributed by atoms with Crippen molar-refractivity contribution in [1.29, 1.82) is 0 Å². The first kappa shape index (κ1) is 19.0. The summed E-state index contributed by atoms with van der Waals surface area (Å²) >= 11 is 0. The minimum Gasteiger partial charge on any atom is -0.381 e. The summed E-state index contributed by atoms with van der Waals surface area (Å²) in [5.74, 6) is 0.933. The van der Waals surface area contributed by atoms with E-state index in [1.54, 1.807) is 7.11 Å². The van der Waals surface area contributed by atoms with Crippen molar-refractivity contribution in [2.45, 2.75) is 57.1 Å². The summed E-state index contributed by atoms with van der Waals surface area (Å²) in [6.07, 6.45) is 7.03. The van der Waals surface area contributed by atoms with Crippen LogP contribution in [0.4, 0.5) is 0 Å². The maximum Gasteiger partial charge on any atom is 0.191 e. The number of rotatable bonds is 5. The van der Waals surface area contributed by atoms with Crippen molar-refractivity contribution < 1.29 is 9.47 Å². The Balaban J connectivity index is 0.00000220. The topological polar surface area (TPSA) is 54.9 Å². The highest BCUT2D eigenvalue weighted by molar-refractivity contribution is 14.0. The van der Waals surface area contributed by atoms with Crippen LogP contribution in [0.5, 0.6) is 0 Å². The van der Waals surface area contributed by atoms with Crippen LogP contribution in [0.1, 0.15) is 45.4 Å². The van der Waals surface area contributed by atoms with Gasteiger partial charge in [0.1, 0.15) is 0 Å². The Labute approximate surface area is 145 Å². The number of hydrogen-bond acceptors (Lipinski definition) is 3. The molecule has 21 heavy (non-hydrogen) atoms. The molecule has 0 unspecified atom stereocenters. The molecule has 6 heteroatoms. The third kappa shape index (κ3) is 5.90. The van der Waals surface area contributed by atoms with E-state index in [4.69, 9.17) is 14.5 Å². The molecule has 2 aliphatic rings. The summed E-state index contributed by atoms with van der Waals surface area (Å²) in [5, 5.41) is 6.89. The van der Waals surface area contributed by atoms with Gasteiger partial charge in [0, 0.05) is 45.8 Å². The van der Waals surface area contributed by atoms with Crippen LogP contribution in [0, 0.1) is 0 Å². The molecular weight excluding hydrogens is 381 g/mol. The molecule has 2 N–H and O–H groups in total. The Morgan fingerprint density at radius 3 is 2.52 bits per heavy atom. The quantitative estimate of drug-likeness (QED) is 0.414. The lowest BCUT2D eigenvalue weighted by Crippen LogP contribution is -2.45. The van der Waals surface area contributed by atoms with Gasteiger partial charge in [0.05, 0.1) is 12.1 Å². The van der Waals surface area contributed by atoms with Crippen molar-refractivity contribution in [2.75, 3.05) is 33.4 Å². The molecular formula is C15H30IN3O2. The van der Waals surface area contributed by atoms with E-state index >= 15 is 0 Å². The molecule has 0 aromatic carbocycles. The highest BCUT2D eigenvalue weighted by Gasteiger charge is 2.32. The van der Waals surface area contributed by atoms with Gasteiger partial charge in [-0.25, -0.2) is 0 Å². The highest BCUT2D eigenvalue weighted by Crippen LogP contribution is 2.24. The maximum atomic E-state index is 5.73. The lowest BCUT2D eigenvalue weighted by atomic mass is 9.94. The minimum absolute atomic E-state index is 0. The first-order chi connectivity index (χ1) is 9.78. The Morgan fingerprint density at radius 1 is 1.29 bits per heavy atom. The average Bonchev–Trinajstić information content (AvgIpc) is 2.99. The minimum atomic E-state index is -0.143. The number of nitrogens with one attached hydrogen (secondary N) is 2. The molecule has 124 valence electrons. The summed E-state index contributed by atoms with van der Waals surface area (Å²) in [5.41, 5.74) is -0.143. The normalized spacial score (nSPS) is 22.7. The molecule has 1 saturated carbocycles.